The average molecular weight is 260 g/mol. The monoisotopic (exact) mass is 260 g/mol. The molecule has 0 radical (unpaired) electrons. The van der Waals surface area contributed by atoms with Gasteiger partial charge in [-0.25, -0.2) is 0 Å². The highest BCUT2D eigenvalue weighted by molar-refractivity contribution is 5.96. The van der Waals surface area contributed by atoms with Crippen molar-refractivity contribution in [2.75, 3.05) is 13.1 Å². The molecule has 0 saturated carbocycles. The summed E-state index contributed by atoms with van der Waals surface area (Å²) in [5, 5.41) is 17.7. The standard InChI is InChI=1S/C14H16N2O3/c1-10(2)8-16(9-13(17)18)14(19)12-5-3-4-11(6-12)7-15/h3-6,10H,8-9H2,1-2H3,(H,17,18). The number of carbonyl (C=O) groups excluding carboxylic acids is 1. The van der Waals surface area contributed by atoms with E-state index in [0.717, 1.165) is 0 Å². The van der Waals surface area contributed by atoms with Crippen LogP contribution < -0.4 is 0 Å². The molecule has 100 valence electrons. The Kier molecular flexibility index (Phi) is 5.07. The van der Waals surface area contributed by atoms with Crippen LogP contribution in [0, 0.1) is 17.2 Å². The molecule has 0 aromatic heterocycles. The minimum atomic E-state index is -1.05. The molecule has 1 aromatic carbocycles. The van der Waals surface area contributed by atoms with Crippen LogP contribution >= 0.6 is 0 Å². The second kappa shape index (κ2) is 6.55. The minimum Gasteiger partial charge on any atom is -0.480 e. The van der Waals surface area contributed by atoms with E-state index in [9.17, 15) is 9.59 Å². The molecule has 0 spiro atoms. The quantitative estimate of drug-likeness (QED) is 0.874. The number of hydrogen-bond donors (Lipinski definition) is 1. The summed E-state index contributed by atoms with van der Waals surface area (Å²) in [7, 11) is 0. The summed E-state index contributed by atoms with van der Waals surface area (Å²) in [6.07, 6.45) is 0. The van der Waals surface area contributed by atoms with E-state index in [1.807, 2.05) is 19.9 Å². The van der Waals surface area contributed by atoms with Gasteiger partial charge in [0.25, 0.3) is 5.91 Å². The smallest absolute Gasteiger partial charge is 0.323 e. The van der Waals surface area contributed by atoms with Gasteiger partial charge in [0.05, 0.1) is 11.6 Å². The summed E-state index contributed by atoms with van der Waals surface area (Å²) >= 11 is 0. The molecule has 1 N–H and O–H groups in total. The molecule has 0 aliphatic carbocycles. The minimum absolute atomic E-state index is 0.169. The molecule has 0 unspecified atom stereocenters. The van der Waals surface area contributed by atoms with E-state index in [1.54, 1.807) is 18.2 Å². The lowest BCUT2D eigenvalue weighted by Gasteiger charge is -2.22. The number of rotatable bonds is 5. The molecule has 0 aliphatic rings. The van der Waals surface area contributed by atoms with Crippen molar-refractivity contribution in [1.82, 2.24) is 4.90 Å². The average Bonchev–Trinajstić information content (AvgIpc) is 2.36. The van der Waals surface area contributed by atoms with Gasteiger partial charge < -0.3 is 10.0 Å². The SMILES string of the molecule is CC(C)CN(CC(=O)O)C(=O)c1cccc(C#N)c1. The lowest BCUT2D eigenvalue weighted by molar-refractivity contribution is -0.137. The van der Waals surface area contributed by atoms with Crippen LogP contribution in [-0.4, -0.2) is 35.0 Å². The lowest BCUT2D eigenvalue weighted by atomic mass is 10.1. The van der Waals surface area contributed by atoms with Crippen molar-refractivity contribution in [2.24, 2.45) is 5.92 Å². The Balaban J connectivity index is 2.97. The number of aliphatic carboxylic acids is 1. The maximum absolute atomic E-state index is 12.2. The lowest BCUT2D eigenvalue weighted by Crippen LogP contribution is -2.38. The maximum Gasteiger partial charge on any atom is 0.323 e. The summed E-state index contributed by atoms with van der Waals surface area (Å²) in [5.41, 5.74) is 0.714. The Morgan fingerprint density at radius 1 is 1.42 bits per heavy atom. The summed E-state index contributed by atoms with van der Waals surface area (Å²) in [6.45, 7) is 3.84. The fourth-order valence-electron chi connectivity index (χ4n) is 1.73. The number of nitriles is 1. The van der Waals surface area contributed by atoms with Gasteiger partial charge in [-0.2, -0.15) is 5.26 Å². The molecule has 5 heteroatoms. The van der Waals surface area contributed by atoms with Gasteiger partial charge in [-0.05, 0) is 24.1 Å². The molecule has 0 saturated heterocycles. The van der Waals surface area contributed by atoms with Crippen molar-refractivity contribution in [3.63, 3.8) is 0 Å². The largest absolute Gasteiger partial charge is 0.480 e. The summed E-state index contributed by atoms with van der Waals surface area (Å²) in [4.78, 5) is 24.3. The molecule has 1 amide bonds. The van der Waals surface area contributed by atoms with E-state index in [2.05, 4.69) is 0 Å². The van der Waals surface area contributed by atoms with Crippen molar-refractivity contribution in [2.45, 2.75) is 13.8 Å². The fraction of sp³-hybridized carbons (Fsp3) is 0.357. The molecule has 0 atom stereocenters. The van der Waals surface area contributed by atoms with Gasteiger partial charge in [-0.3, -0.25) is 9.59 Å². The van der Waals surface area contributed by atoms with Crippen LogP contribution in [0.2, 0.25) is 0 Å². The highest BCUT2D eigenvalue weighted by Gasteiger charge is 2.19. The Labute approximate surface area is 112 Å². The summed E-state index contributed by atoms with van der Waals surface area (Å²) in [5.74, 6) is -1.25. The van der Waals surface area contributed by atoms with E-state index in [4.69, 9.17) is 10.4 Å². The molecular weight excluding hydrogens is 244 g/mol. The first kappa shape index (κ1) is 14.7. The van der Waals surface area contributed by atoms with E-state index in [-0.39, 0.29) is 18.4 Å². The van der Waals surface area contributed by atoms with Gasteiger partial charge in [-0.15, -0.1) is 0 Å². The predicted molar refractivity (Wildman–Crippen MR) is 69.5 cm³/mol. The zero-order valence-electron chi connectivity index (χ0n) is 11.0. The molecular formula is C14H16N2O3. The van der Waals surface area contributed by atoms with Crippen molar-refractivity contribution in [3.05, 3.63) is 35.4 Å². The van der Waals surface area contributed by atoms with Gasteiger partial charge >= 0.3 is 5.97 Å². The number of benzene rings is 1. The van der Waals surface area contributed by atoms with E-state index >= 15 is 0 Å². The van der Waals surface area contributed by atoms with Gasteiger partial charge in [0.2, 0.25) is 0 Å². The van der Waals surface area contributed by atoms with Crippen molar-refractivity contribution < 1.29 is 14.7 Å². The fourth-order valence-corrected chi connectivity index (χ4v) is 1.73. The molecule has 0 aliphatic heterocycles. The van der Waals surface area contributed by atoms with Crippen LogP contribution in [0.15, 0.2) is 24.3 Å². The Hall–Kier alpha value is -2.35. The van der Waals surface area contributed by atoms with E-state index in [1.165, 1.54) is 11.0 Å². The molecule has 19 heavy (non-hydrogen) atoms. The predicted octanol–water partition coefficient (Wildman–Crippen LogP) is 1.74. The number of carbonyl (C=O) groups is 2. The number of amides is 1. The van der Waals surface area contributed by atoms with Crippen molar-refractivity contribution in [1.29, 1.82) is 5.26 Å². The Morgan fingerprint density at radius 2 is 2.11 bits per heavy atom. The topological polar surface area (TPSA) is 81.4 Å². The normalized spacial score (nSPS) is 10.0. The first-order valence-corrected chi connectivity index (χ1v) is 5.95. The molecule has 0 bridgehead atoms. The van der Waals surface area contributed by atoms with Crippen molar-refractivity contribution in [3.8, 4) is 6.07 Å². The van der Waals surface area contributed by atoms with E-state index < -0.39 is 5.97 Å². The van der Waals surface area contributed by atoms with Gasteiger partial charge in [0, 0.05) is 12.1 Å². The summed E-state index contributed by atoms with van der Waals surface area (Å²) < 4.78 is 0. The zero-order chi connectivity index (χ0) is 14.4. The van der Waals surface area contributed by atoms with Crippen LogP contribution in [0.4, 0.5) is 0 Å². The molecule has 0 heterocycles. The first-order valence-electron chi connectivity index (χ1n) is 5.95. The maximum atomic E-state index is 12.2. The number of hydrogen-bond acceptors (Lipinski definition) is 3. The first-order chi connectivity index (χ1) is 8.93. The summed E-state index contributed by atoms with van der Waals surface area (Å²) in [6, 6.07) is 8.22. The third-order valence-electron chi connectivity index (χ3n) is 2.44. The van der Waals surface area contributed by atoms with Crippen LogP contribution in [0.3, 0.4) is 0 Å². The van der Waals surface area contributed by atoms with Crippen LogP contribution in [0.1, 0.15) is 29.8 Å². The molecule has 1 aromatic rings. The van der Waals surface area contributed by atoms with Gasteiger partial charge in [0.15, 0.2) is 0 Å². The Morgan fingerprint density at radius 3 is 2.63 bits per heavy atom. The second-order valence-corrected chi connectivity index (χ2v) is 4.67. The number of carboxylic acids is 1. The van der Waals surface area contributed by atoms with Crippen LogP contribution in [0.25, 0.3) is 0 Å². The third kappa shape index (κ3) is 4.43. The highest BCUT2D eigenvalue weighted by atomic mass is 16.4. The van der Waals surface area contributed by atoms with Crippen molar-refractivity contribution >= 4 is 11.9 Å². The highest BCUT2D eigenvalue weighted by Crippen LogP contribution is 2.10. The van der Waals surface area contributed by atoms with Crippen LogP contribution in [-0.2, 0) is 4.79 Å². The molecule has 5 nitrogen and oxygen atoms in total. The van der Waals surface area contributed by atoms with Gasteiger partial charge in [0.1, 0.15) is 6.54 Å². The third-order valence-corrected chi connectivity index (χ3v) is 2.44. The molecule has 0 fully saturated rings. The number of carboxylic acid groups (broad SMARTS) is 1. The Bertz CT molecular complexity index is 518. The molecule has 1 rings (SSSR count). The van der Waals surface area contributed by atoms with Crippen LogP contribution in [0.5, 0.6) is 0 Å². The second-order valence-electron chi connectivity index (χ2n) is 4.67. The van der Waals surface area contributed by atoms with Gasteiger partial charge in [-0.1, -0.05) is 19.9 Å². The zero-order valence-corrected chi connectivity index (χ0v) is 11.0. The van der Waals surface area contributed by atoms with E-state index in [0.29, 0.717) is 17.7 Å². The number of nitrogens with zero attached hydrogens (tertiary/aromatic N) is 2.